The summed E-state index contributed by atoms with van der Waals surface area (Å²) in [5, 5.41) is 25.3. The van der Waals surface area contributed by atoms with E-state index in [4.69, 9.17) is 5.26 Å². The van der Waals surface area contributed by atoms with Gasteiger partial charge in [0, 0.05) is 25.3 Å². The molecule has 0 unspecified atom stereocenters. The topological polar surface area (TPSA) is 81.0 Å². The number of nitrogens with zero attached hydrogens (tertiary/aromatic N) is 2. The molecule has 1 aromatic rings. The average molecular weight is 244 g/mol. The summed E-state index contributed by atoms with van der Waals surface area (Å²) in [4.78, 5) is 4.52. The predicted octanol–water partition coefficient (Wildman–Crippen LogP) is 0.188. The molecule has 5 nitrogen and oxygen atoms in total. The van der Waals surface area contributed by atoms with Gasteiger partial charge in [0.15, 0.2) is 0 Å². The number of anilines is 1. The lowest BCUT2D eigenvalue weighted by atomic mass is 9.97. The number of nitriles is 1. The molecule has 5 heteroatoms. The van der Waals surface area contributed by atoms with Crippen LogP contribution in [0.3, 0.4) is 0 Å². The summed E-state index contributed by atoms with van der Waals surface area (Å²) < 4.78 is 0. The molecule has 2 aliphatic rings. The van der Waals surface area contributed by atoms with Crippen LogP contribution in [0.1, 0.15) is 23.2 Å². The van der Waals surface area contributed by atoms with Crippen LogP contribution in [0.5, 0.6) is 0 Å². The Balaban J connectivity index is 1.80. The highest BCUT2D eigenvalue weighted by Gasteiger charge is 2.34. The molecule has 94 valence electrons. The smallest absolute Gasteiger partial charge is 0.144 e. The van der Waals surface area contributed by atoms with E-state index in [9.17, 15) is 5.11 Å². The largest absolute Gasteiger partial charge is 0.385 e. The molecule has 0 amide bonds. The van der Waals surface area contributed by atoms with E-state index in [1.807, 2.05) is 6.07 Å². The number of β-amino-alcohol motifs (C(OH)–C–C–N with tert-alkyl or cyclic N) is 1. The number of pyridine rings is 1. The molecule has 1 aliphatic heterocycles. The summed E-state index contributed by atoms with van der Waals surface area (Å²) in [6, 6.07) is 4.11. The molecule has 0 atom stereocenters. The predicted molar refractivity (Wildman–Crippen MR) is 67.3 cm³/mol. The standard InChI is InChI=1S/C13H16N4O/c14-5-10-4-9-2-1-3-11(9)17-12(10)16-8-13(18)6-15-7-13/h4,15,18H,1-3,6-8H2,(H,16,17). The van der Waals surface area contributed by atoms with E-state index in [0.29, 0.717) is 31.0 Å². The first-order chi connectivity index (χ1) is 8.70. The lowest BCUT2D eigenvalue weighted by Gasteiger charge is -2.37. The molecule has 0 saturated carbocycles. The quantitative estimate of drug-likeness (QED) is 0.707. The van der Waals surface area contributed by atoms with Crippen molar-refractivity contribution in [1.82, 2.24) is 10.3 Å². The minimum Gasteiger partial charge on any atom is -0.385 e. The van der Waals surface area contributed by atoms with Crippen LogP contribution in [0.2, 0.25) is 0 Å². The summed E-state index contributed by atoms with van der Waals surface area (Å²) in [6.45, 7) is 1.61. The van der Waals surface area contributed by atoms with Gasteiger partial charge in [-0.25, -0.2) is 4.98 Å². The van der Waals surface area contributed by atoms with Gasteiger partial charge in [-0.15, -0.1) is 0 Å². The Labute approximate surface area is 106 Å². The average Bonchev–Trinajstić information content (AvgIpc) is 2.79. The molecule has 1 fully saturated rings. The van der Waals surface area contributed by atoms with Crippen LogP contribution in [-0.2, 0) is 12.8 Å². The molecule has 1 saturated heterocycles. The van der Waals surface area contributed by atoms with Gasteiger partial charge in [-0.1, -0.05) is 0 Å². The van der Waals surface area contributed by atoms with Crippen LogP contribution in [0, 0.1) is 11.3 Å². The van der Waals surface area contributed by atoms with E-state index < -0.39 is 5.60 Å². The summed E-state index contributed by atoms with van der Waals surface area (Å²) in [6.07, 6.45) is 3.12. The number of hydrogen-bond donors (Lipinski definition) is 3. The number of hydrogen-bond acceptors (Lipinski definition) is 5. The molecule has 1 aliphatic carbocycles. The van der Waals surface area contributed by atoms with Crippen molar-refractivity contribution in [3.8, 4) is 6.07 Å². The van der Waals surface area contributed by atoms with Crippen molar-refractivity contribution >= 4 is 5.82 Å². The number of aromatic nitrogens is 1. The molecule has 0 radical (unpaired) electrons. The van der Waals surface area contributed by atoms with Gasteiger partial charge in [-0.05, 0) is 30.9 Å². The first-order valence-corrected chi connectivity index (χ1v) is 6.30. The number of rotatable bonds is 3. The first-order valence-electron chi connectivity index (χ1n) is 6.30. The number of fused-ring (bicyclic) bond motifs is 1. The van der Waals surface area contributed by atoms with Crippen LogP contribution in [0.15, 0.2) is 6.07 Å². The Hall–Kier alpha value is -1.64. The molecule has 0 spiro atoms. The second kappa shape index (κ2) is 4.23. The molecule has 0 bridgehead atoms. The minimum absolute atomic E-state index is 0.431. The van der Waals surface area contributed by atoms with E-state index in [1.165, 1.54) is 5.56 Å². The second-order valence-corrected chi connectivity index (χ2v) is 5.14. The van der Waals surface area contributed by atoms with Gasteiger partial charge >= 0.3 is 0 Å². The Morgan fingerprint density at radius 2 is 2.33 bits per heavy atom. The molecule has 3 rings (SSSR count). The van der Waals surface area contributed by atoms with E-state index in [0.717, 1.165) is 25.0 Å². The Bertz CT molecular complexity index is 516. The van der Waals surface area contributed by atoms with Crippen molar-refractivity contribution in [3.05, 3.63) is 22.9 Å². The molecule has 18 heavy (non-hydrogen) atoms. The minimum atomic E-state index is -0.701. The highest BCUT2D eigenvalue weighted by Crippen LogP contribution is 2.25. The van der Waals surface area contributed by atoms with Crippen molar-refractivity contribution in [2.75, 3.05) is 25.0 Å². The Morgan fingerprint density at radius 3 is 3.00 bits per heavy atom. The fourth-order valence-corrected chi connectivity index (χ4v) is 2.48. The fraction of sp³-hybridized carbons (Fsp3) is 0.538. The maximum atomic E-state index is 9.99. The zero-order valence-electron chi connectivity index (χ0n) is 10.2. The Morgan fingerprint density at radius 1 is 1.50 bits per heavy atom. The van der Waals surface area contributed by atoms with Gasteiger partial charge in [-0.2, -0.15) is 5.26 Å². The number of aliphatic hydroxyl groups is 1. The summed E-state index contributed by atoms with van der Waals surface area (Å²) in [7, 11) is 0. The number of nitrogens with one attached hydrogen (secondary N) is 2. The first kappa shape index (κ1) is 11.5. The van der Waals surface area contributed by atoms with E-state index in [1.54, 1.807) is 0 Å². The SMILES string of the molecule is N#Cc1cc2c(nc1NCC1(O)CNC1)CCC2. The van der Waals surface area contributed by atoms with Crippen molar-refractivity contribution in [2.45, 2.75) is 24.9 Å². The summed E-state index contributed by atoms with van der Waals surface area (Å²) in [5.41, 5.74) is 2.16. The summed E-state index contributed by atoms with van der Waals surface area (Å²) >= 11 is 0. The molecule has 0 aromatic carbocycles. The van der Waals surface area contributed by atoms with Crippen LogP contribution < -0.4 is 10.6 Å². The third kappa shape index (κ3) is 1.94. The van der Waals surface area contributed by atoms with Crippen LogP contribution in [0.4, 0.5) is 5.82 Å². The monoisotopic (exact) mass is 244 g/mol. The van der Waals surface area contributed by atoms with E-state index in [2.05, 4.69) is 21.7 Å². The second-order valence-electron chi connectivity index (χ2n) is 5.14. The lowest BCUT2D eigenvalue weighted by Crippen LogP contribution is -2.63. The van der Waals surface area contributed by atoms with Crippen LogP contribution in [-0.4, -0.2) is 35.3 Å². The summed E-state index contributed by atoms with van der Waals surface area (Å²) in [5.74, 6) is 0.610. The van der Waals surface area contributed by atoms with Gasteiger partial charge in [-0.3, -0.25) is 0 Å². The molecule has 3 N–H and O–H groups in total. The van der Waals surface area contributed by atoms with Crippen molar-refractivity contribution in [1.29, 1.82) is 5.26 Å². The normalized spacial score (nSPS) is 19.8. The fourth-order valence-electron chi connectivity index (χ4n) is 2.48. The maximum absolute atomic E-state index is 9.99. The highest BCUT2D eigenvalue weighted by molar-refractivity contribution is 5.55. The van der Waals surface area contributed by atoms with Gasteiger partial charge < -0.3 is 15.7 Å². The van der Waals surface area contributed by atoms with Crippen molar-refractivity contribution in [2.24, 2.45) is 0 Å². The number of aryl methyl sites for hydroxylation is 2. The lowest BCUT2D eigenvalue weighted by molar-refractivity contribution is 0.00305. The molecule has 1 aromatic heterocycles. The molecular weight excluding hydrogens is 228 g/mol. The van der Waals surface area contributed by atoms with Gasteiger partial charge in [0.2, 0.25) is 0 Å². The third-order valence-corrected chi connectivity index (χ3v) is 3.66. The zero-order valence-corrected chi connectivity index (χ0v) is 10.2. The van der Waals surface area contributed by atoms with Crippen LogP contribution >= 0.6 is 0 Å². The molecular formula is C13H16N4O. The zero-order chi connectivity index (χ0) is 12.6. The maximum Gasteiger partial charge on any atom is 0.144 e. The highest BCUT2D eigenvalue weighted by atomic mass is 16.3. The van der Waals surface area contributed by atoms with Gasteiger partial charge in [0.1, 0.15) is 17.5 Å². The third-order valence-electron chi connectivity index (χ3n) is 3.66. The van der Waals surface area contributed by atoms with Gasteiger partial charge in [0.05, 0.1) is 5.56 Å². The molecule has 2 heterocycles. The van der Waals surface area contributed by atoms with Gasteiger partial charge in [0.25, 0.3) is 0 Å². The van der Waals surface area contributed by atoms with Crippen molar-refractivity contribution in [3.63, 3.8) is 0 Å². The van der Waals surface area contributed by atoms with E-state index >= 15 is 0 Å². The van der Waals surface area contributed by atoms with Crippen molar-refractivity contribution < 1.29 is 5.11 Å². The van der Waals surface area contributed by atoms with E-state index in [-0.39, 0.29) is 0 Å². The Kier molecular flexibility index (Phi) is 2.69. The van der Waals surface area contributed by atoms with Crippen LogP contribution in [0.25, 0.3) is 0 Å².